The molecule has 0 atom stereocenters. The SMILES string of the molecule is CN(CC#N)C(=O)c1ccc(C(C)(C)C)cc1. The van der Waals surface area contributed by atoms with Crippen LogP contribution in [0.15, 0.2) is 24.3 Å². The van der Waals surface area contributed by atoms with Gasteiger partial charge in [-0.15, -0.1) is 0 Å². The molecule has 0 saturated carbocycles. The van der Waals surface area contributed by atoms with Gasteiger partial charge in [0.15, 0.2) is 0 Å². The molecule has 0 saturated heterocycles. The first kappa shape index (κ1) is 13.2. The van der Waals surface area contributed by atoms with E-state index in [4.69, 9.17) is 5.26 Å². The van der Waals surface area contributed by atoms with Crippen molar-refractivity contribution in [1.29, 1.82) is 5.26 Å². The highest BCUT2D eigenvalue weighted by atomic mass is 16.2. The fraction of sp³-hybridized carbons (Fsp3) is 0.429. The van der Waals surface area contributed by atoms with Crippen LogP contribution in [-0.4, -0.2) is 24.4 Å². The average Bonchev–Trinajstić information content (AvgIpc) is 2.27. The third-order valence-electron chi connectivity index (χ3n) is 2.65. The van der Waals surface area contributed by atoms with Crippen molar-refractivity contribution in [3.8, 4) is 6.07 Å². The molecule has 1 aromatic carbocycles. The Hall–Kier alpha value is -1.82. The average molecular weight is 230 g/mol. The summed E-state index contributed by atoms with van der Waals surface area (Å²) in [6, 6.07) is 9.52. The Morgan fingerprint density at radius 3 is 2.24 bits per heavy atom. The molecule has 0 spiro atoms. The number of carbonyl (C=O) groups excluding carboxylic acids is 1. The normalized spacial score (nSPS) is 10.8. The maximum atomic E-state index is 11.9. The smallest absolute Gasteiger partial charge is 0.254 e. The van der Waals surface area contributed by atoms with Crippen LogP contribution in [0, 0.1) is 11.3 Å². The van der Waals surface area contributed by atoms with Crippen molar-refractivity contribution in [1.82, 2.24) is 4.90 Å². The van der Waals surface area contributed by atoms with Gasteiger partial charge in [0.05, 0.1) is 6.07 Å². The Labute approximate surface area is 103 Å². The lowest BCUT2D eigenvalue weighted by atomic mass is 9.86. The molecule has 17 heavy (non-hydrogen) atoms. The van der Waals surface area contributed by atoms with E-state index in [1.807, 2.05) is 30.3 Å². The molecule has 0 aromatic heterocycles. The van der Waals surface area contributed by atoms with Gasteiger partial charge in [0.1, 0.15) is 6.54 Å². The molecule has 0 bridgehead atoms. The molecule has 0 aliphatic heterocycles. The van der Waals surface area contributed by atoms with E-state index < -0.39 is 0 Å². The number of nitrogens with zero attached hydrogens (tertiary/aromatic N) is 2. The molecule has 0 radical (unpaired) electrons. The Morgan fingerprint density at radius 2 is 1.82 bits per heavy atom. The molecule has 1 rings (SSSR count). The van der Waals surface area contributed by atoms with Crippen LogP contribution in [0.5, 0.6) is 0 Å². The minimum atomic E-state index is -0.119. The predicted molar refractivity (Wildman–Crippen MR) is 67.7 cm³/mol. The summed E-state index contributed by atoms with van der Waals surface area (Å²) in [6.07, 6.45) is 0. The molecule has 0 aliphatic carbocycles. The van der Waals surface area contributed by atoms with Gasteiger partial charge in [-0.2, -0.15) is 5.26 Å². The summed E-state index contributed by atoms with van der Waals surface area (Å²) in [7, 11) is 1.63. The van der Waals surface area contributed by atoms with E-state index in [9.17, 15) is 4.79 Å². The maximum Gasteiger partial charge on any atom is 0.254 e. The van der Waals surface area contributed by atoms with Crippen molar-refractivity contribution in [3.05, 3.63) is 35.4 Å². The van der Waals surface area contributed by atoms with Gasteiger partial charge in [-0.1, -0.05) is 32.9 Å². The molecule has 3 heteroatoms. The van der Waals surface area contributed by atoms with E-state index in [1.165, 1.54) is 10.5 Å². The van der Waals surface area contributed by atoms with Gasteiger partial charge in [0, 0.05) is 12.6 Å². The molecular formula is C14H18N2O. The molecule has 0 fully saturated rings. The van der Waals surface area contributed by atoms with Crippen LogP contribution in [0.25, 0.3) is 0 Å². The van der Waals surface area contributed by atoms with Gasteiger partial charge >= 0.3 is 0 Å². The molecular weight excluding hydrogens is 212 g/mol. The quantitative estimate of drug-likeness (QED) is 0.733. The zero-order valence-corrected chi connectivity index (χ0v) is 10.8. The van der Waals surface area contributed by atoms with Crippen LogP contribution >= 0.6 is 0 Å². The summed E-state index contributed by atoms with van der Waals surface area (Å²) in [6.45, 7) is 6.50. The second-order valence-corrected chi connectivity index (χ2v) is 5.15. The summed E-state index contributed by atoms with van der Waals surface area (Å²) in [5, 5.41) is 8.54. The number of carbonyl (C=O) groups is 1. The second-order valence-electron chi connectivity index (χ2n) is 5.15. The minimum absolute atomic E-state index is 0.0835. The molecule has 0 N–H and O–H groups in total. The van der Waals surface area contributed by atoms with Crippen LogP contribution in [0.1, 0.15) is 36.7 Å². The summed E-state index contributed by atoms with van der Waals surface area (Å²) in [5.41, 5.74) is 1.90. The van der Waals surface area contributed by atoms with Gasteiger partial charge < -0.3 is 4.90 Å². The first-order chi connectivity index (χ1) is 7.86. The zero-order valence-electron chi connectivity index (χ0n) is 10.8. The molecule has 0 aliphatic rings. The molecule has 1 amide bonds. The summed E-state index contributed by atoms with van der Waals surface area (Å²) < 4.78 is 0. The lowest BCUT2D eigenvalue weighted by Crippen LogP contribution is -2.27. The van der Waals surface area contributed by atoms with Gasteiger partial charge in [-0.05, 0) is 23.1 Å². The van der Waals surface area contributed by atoms with Gasteiger partial charge in [0.2, 0.25) is 0 Å². The van der Waals surface area contributed by atoms with Crippen LogP contribution < -0.4 is 0 Å². The highest BCUT2D eigenvalue weighted by Gasteiger charge is 2.15. The third-order valence-corrected chi connectivity index (χ3v) is 2.65. The van der Waals surface area contributed by atoms with Crippen molar-refractivity contribution < 1.29 is 4.79 Å². The van der Waals surface area contributed by atoms with Crippen molar-refractivity contribution in [2.75, 3.05) is 13.6 Å². The van der Waals surface area contributed by atoms with Crippen LogP contribution in [0.3, 0.4) is 0 Å². The Bertz CT molecular complexity index is 435. The highest BCUT2D eigenvalue weighted by molar-refractivity contribution is 5.94. The second kappa shape index (κ2) is 5.01. The van der Waals surface area contributed by atoms with E-state index in [0.29, 0.717) is 5.56 Å². The van der Waals surface area contributed by atoms with Crippen LogP contribution in [-0.2, 0) is 5.41 Å². The Kier molecular flexibility index (Phi) is 3.90. The summed E-state index contributed by atoms with van der Waals surface area (Å²) >= 11 is 0. The van der Waals surface area contributed by atoms with Crippen LogP contribution in [0.2, 0.25) is 0 Å². The summed E-state index contributed by atoms with van der Waals surface area (Å²) in [4.78, 5) is 13.3. The van der Waals surface area contributed by atoms with Crippen molar-refractivity contribution in [3.63, 3.8) is 0 Å². The topological polar surface area (TPSA) is 44.1 Å². The standard InChI is InChI=1S/C14H18N2O/c1-14(2,3)12-7-5-11(6-8-12)13(17)16(4)10-9-15/h5-8H,10H2,1-4H3. The molecule has 1 aromatic rings. The van der Waals surface area contributed by atoms with E-state index >= 15 is 0 Å². The van der Waals surface area contributed by atoms with Crippen LogP contribution in [0.4, 0.5) is 0 Å². The monoisotopic (exact) mass is 230 g/mol. The number of rotatable bonds is 2. The summed E-state index contributed by atoms with van der Waals surface area (Å²) in [5.74, 6) is -0.119. The van der Waals surface area contributed by atoms with E-state index in [0.717, 1.165) is 0 Å². The first-order valence-corrected chi connectivity index (χ1v) is 5.59. The van der Waals surface area contributed by atoms with Gasteiger partial charge in [-0.3, -0.25) is 4.79 Å². The number of hydrogen-bond donors (Lipinski definition) is 0. The lowest BCUT2D eigenvalue weighted by molar-refractivity contribution is 0.0812. The molecule has 0 unspecified atom stereocenters. The van der Waals surface area contributed by atoms with Gasteiger partial charge in [-0.25, -0.2) is 0 Å². The Morgan fingerprint density at radius 1 is 1.29 bits per heavy atom. The van der Waals surface area contributed by atoms with E-state index in [1.54, 1.807) is 7.05 Å². The third kappa shape index (κ3) is 3.32. The first-order valence-electron chi connectivity index (χ1n) is 5.59. The van der Waals surface area contributed by atoms with E-state index in [-0.39, 0.29) is 17.9 Å². The molecule has 90 valence electrons. The van der Waals surface area contributed by atoms with E-state index in [2.05, 4.69) is 20.8 Å². The van der Waals surface area contributed by atoms with Gasteiger partial charge in [0.25, 0.3) is 5.91 Å². The zero-order chi connectivity index (χ0) is 13.1. The minimum Gasteiger partial charge on any atom is -0.328 e. The predicted octanol–water partition coefficient (Wildman–Crippen LogP) is 2.58. The lowest BCUT2D eigenvalue weighted by Gasteiger charge is -2.19. The number of benzene rings is 1. The van der Waals surface area contributed by atoms with Crippen molar-refractivity contribution in [2.24, 2.45) is 0 Å². The number of amides is 1. The molecule has 3 nitrogen and oxygen atoms in total. The fourth-order valence-electron chi connectivity index (χ4n) is 1.51. The van der Waals surface area contributed by atoms with Crippen molar-refractivity contribution >= 4 is 5.91 Å². The number of nitriles is 1. The number of hydrogen-bond acceptors (Lipinski definition) is 2. The van der Waals surface area contributed by atoms with Crippen molar-refractivity contribution in [2.45, 2.75) is 26.2 Å². The Balaban J connectivity index is 2.89. The molecule has 0 heterocycles. The highest BCUT2D eigenvalue weighted by Crippen LogP contribution is 2.22. The fourth-order valence-corrected chi connectivity index (χ4v) is 1.51. The maximum absolute atomic E-state index is 11.9. The largest absolute Gasteiger partial charge is 0.328 e.